The van der Waals surface area contributed by atoms with Gasteiger partial charge in [-0.1, -0.05) is 127 Å². The maximum absolute atomic E-state index is 6.50. The van der Waals surface area contributed by atoms with E-state index < -0.39 is 0 Å². The van der Waals surface area contributed by atoms with Crippen molar-refractivity contribution in [3.63, 3.8) is 0 Å². The molecule has 0 unspecified atom stereocenters. The maximum atomic E-state index is 6.50. The van der Waals surface area contributed by atoms with Crippen LogP contribution in [0.15, 0.2) is 192 Å². The number of anilines is 3. The summed E-state index contributed by atoms with van der Waals surface area (Å²) < 4.78 is 6.50. The van der Waals surface area contributed by atoms with E-state index in [2.05, 4.69) is 187 Å². The van der Waals surface area contributed by atoms with Crippen molar-refractivity contribution in [2.75, 3.05) is 4.90 Å². The van der Waals surface area contributed by atoms with Crippen LogP contribution in [0.1, 0.15) is 0 Å². The summed E-state index contributed by atoms with van der Waals surface area (Å²) in [6.07, 6.45) is 0. The first-order chi connectivity index (χ1) is 24.8. The second-order valence-corrected chi connectivity index (χ2v) is 13.0. The molecule has 0 aliphatic heterocycles. The summed E-state index contributed by atoms with van der Waals surface area (Å²) in [5.41, 5.74) is 9.86. The maximum Gasteiger partial charge on any atom is 0.136 e. The van der Waals surface area contributed by atoms with Gasteiger partial charge in [-0.3, -0.25) is 0 Å². The standard InChI is InChI=1S/C48H31NO/c1-2-14-39(15-3-1)49(41-26-22-33-11-5-7-13-36(33)29-41)40-24-20-34(21-25-40)37-23-27-42-44(38-19-18-32-10-4-6-12-35(32)28-38)31-47-48(45(42)30-37)43-16-8-9-17-46(43)50-47/h1-31H. The van der Waals surface area contributed by atoms with Gasteiger partial charge in [-0.25, -0.2) is 0 Å². The van der Waals surface area contributed by atoms with E-state index in [1.807, 2.05) is 6.07 Å². The van der Waals surface area contributed by atoms with Crippen LogP contribution in [0.3, 0.4) is 0 Å². The van der Waals surface area contributed by atoms with E-state index in [1.165, 1.54) is 54.6 Å². The van der Waals surface area contributed by atoms with Crippen molar-refractivity contribution in [2.24, 2.45) is 0 Å². The van der Waals surface area contributed by atoms with E-state index in [0.29, 0.717) is 0 Å². The van der Waals surface area contributed by atoms with Crippen molar-refractivity contribution in [3.8, 4) is 22.3 Å². The van der Waals surface area contributed by atoms with Crippen LogP contribution in [0.25, 0.3) is 76.5 Å². The number of hydrogen-bond donors (Lipinski definition) is 0. The number of para-hydroxylation sites is 2. The average Bonchev–Trinajstić information content (AvgIpc) is 3.57. The fourth-order valence-corrected chi connectivity index (χ4v) is 7.56. The molecule has 0 amide bonds. The molecular weight excluding hydrogens is 607 g/mol. The Labute approximate surface area is 290 Å². The lowest BCUT2D eigenvalue weighted by atomic mass is 9.91. The molecule has 0 bridgehead atoms. The van der Waals surface area contributed by atoms with Crippen LogP contribution in [0.5, 0.6) is 0 Å². The Hall–Kier alpha value is -6.64. The second-order valence-electron chi connectivity index (χ2n) is 13.0. The zero-order valence-corrected chi connectivity index (χ0v) is 27.3. The molecule has 10 rings (SSSR count). The summed E-state index contributed by atoms with van der Waals surface area (Å²) in [6, 6.07) is 67.5. The highest BCUT2D eigenvalue weighted by molar-refractivity contribution is 6.22. The Morgan fingerprint density at radius 3 is 1.72 bits per heavy atom. The molecule has 0 N–H and O–H groups in total. The third kappa shape index (κ3) is 4.73. The normalized spacial score (nSPS) is 11.6. The predicted molar refractivity (Wildman–Crippen MR) is 212 cm³/mol. The largest absolute Gasteiger partial charge is 0.456 e. The zero-order chi connectivity index (χ0) is 33.0. The first-order valence-electron chi connectivity index (χ1n) is 17.1. The number of rotatable bonds is 5. The summed E-state index contributed by atoms with van der Waals surface area (Å²) >= 11 is 0. The molecular formula is C48H31NO. The van der Waals surface area contributed by atoms with Crippen molar-refractivity contribution in [2.45, 2.75) is 0 Å². The molecule has 0 saturated carbocycles. The second kappa shape index (κ2) is 11.5. The van der Waals surface area contributed by atoms with Crippen LogP contribution >= 0.6 is 0 Å². The first kappa shape index (κ1) is 28.4. The van der Waals surface area contributed by atoms with Gasteiger partial charge in [-0.15, -0.1) is 0 Å². The first-order valence-corrected chi connectivity index (χ1v) is 17.1. The highest BCUT2D eigenvalue weighted by Crippen LogP contribution is 2.43. The van der Waals surface area contributed by atoms with Gasteiger partial charge in [-0.05, 0) is 115 Å². The molecule has 0 aliphatic rings. The molecule has 0 spiro atoms. The van der Waals surface area contributed by atoms with Gasteiger partial charge in [0.25, 0.3) is 0 Å². The van der Waals surface area contributed by atoms with Gasteiger partial charge in [0.05, 0.1) is 0 Å². The molecule has 0 aliphatic carbocycles. The molecule has 0 atom stereocenters. The van der Waals surface area contributed by atoms with Crippen LogP contribution in [0.2, 0.25) is 0 Å². The van der Waals surface area contributed by atoms with Crippen molar-refractivity contribution in [1.82, 2.24) is 0 Å². The van der Waals surface area contributed by atoms with Crippen LogP contribution in [0.4, 0.5) is 17.1 Å². The van der Waals surface area contributed by atoms with Gasteiger partial charge < -0.3 is 9.32 Å². The average molecular weight is 638 g/mol. The highest BCUT2D eigenvalue weighted by Gasteiger charge is 2.17. The molecule has 1 aromatic heterocycles. The topological polar surface area (TPSA) is 16.4 Å². The van der Waals surface area contributed by atoms with Crippen molar-refractivity contribution in [1.29, 1.82) is 0 Å². The predicted octanol–water partition coefficient (Wildman–Crippen LogP) is 13.8. The van der Waals surface area contributed by atoms with Crippen molar-refractivity contribution >= 4 is 71.3 Å². The Bertz CT molecular complexity index is 2870. The van der Waals surface area contributed by atoms with E-state index in [4.69, 9.17) is 4.42 Å². The molecule has 1 heterocycles. The van der Waals surface area contributed by atoms with E-state index >= 15 is 0 Å². The van der Waals surface area contributed by atoms with E-state index in [9.17, 15) is 0 Å². The van der Waals surface area contributed by atoms with Gasteiger partial charge in [0, 0.05) is 27.8 Å². The summed E-state index contributed by atoms with van der Waals surface area (Å²) in [7, 11) is 0. The molecule has 0 fully saturated rings. The van der Waals surface area contributed by atoms with Crippen LogP contribution < -0.4 is 4.90 Å². The van der Waals surface area contributed by atoms with E-state index in [0.717, 1.165) is 39.0 Å². The van der Waals surface area contributed by atoms with Crippen molar-refractivity contribution in [3.05, 3.63) is 188 Å². The van der Waals surface area contributed by atoms with Crippen LogP contribution in [0, 0.1) is 0 Å². The van der Waals surface area contributed by atoms with Gasteiger partial charge in [0.15, 0.2) is 0 Å². The number of nitrogens with zero attached hydrogens (tertiary/aromatic N) is 1. The van der Waals surface area contributed by atoms with Gasteiger partial charge in [-0.2, -0.15) is 0 Å². The van der Waals surface area contributed by atoms with Gasteiger partial charge >= 0.3 is 0 Å². The molecule has 0 saturated heterocycles. The van der Waals surface area contributed by atoms with E-state index in [-0.39, 0.29) is 0 Å². The quantitative estimate of drug-likeness (QED) is 0.187. The SMILES string of the molecule is c1ccc(N(c2ccc(-c3ccc4c(-c5ccc6ccccc6c5)cc5oc6ccccc6c5c4c3)cc2)c2ccc3ccccc3c2)cc1. The lowest BCUT2D eigenvalue weighted by molar-refractivity contribution is 0.669. The minimum absolute atomic E-state index is 0.906. The number of fused-ring (bicyclic) bond motifs is 7. The van der Waals surface area contributed by atoms with Gasteiger partial charge in [0.2, 0.25) is 0 Å². The van der Waals surface area contributed by atoms with Crippen LogP contribution in [-0.4, -0.2) is 0 Å². The fourth-order valence-electron chi connectivity index (χ4n) is 7.56. The minimum atomic E-state index is 0.906. The summed E-state index contributed by atoms with van der Waals surface area (Å²) in [5, 5.41) is 9.63. The Morgan fingerprint density at radius 2 is 0.920 bits per heavy atom. The molecule has 234 valence electrons. The van der Waals surface area contributed by atoms with Crippen molar-refractivity contribution < 1.29 is 4.42 Å². The zero-order valence-electron chi connectivity index (χ0n) is 27.3. The third-order valence-electron chi connectivity index (χ3n) is 10.0. The number of furan rings is 1. The third-order valence-corrected chi connectivity index (χ3v) is 10.0. The summed E-state index contributed by atoms with van der Waals surface area (Å²) in [4.78, 5) is 2.33. The van der Waals surface area contributed by atoms with Crippen LogP contribution in [-0.2, 0) is 0 Å². The summed E-state index contributed by atoms with van der Waals surface area (Å²) in [5.74, 6) is 0. The minimum Gasteiger partial charge on any atom is -0.456 e. The lowest BCUT2D eigenvalue weighted by Gasteiger charge is -2.26. The molecule has 2 nitrogen and oxygen atoms in total. The molecule has 50 heavy (non-hydrogen) atoms. The Morgan fingerprint density at radius 1 is 0.320 bits per heavy atom. The summed E-state index contributed by atoms with van der Waals surface area (Å²) in [6.45, 7) is 0. The van der Waals surface area contributed by atoms with E-state index in [1.54, 1.807) is 0 Å². The Balaban J connectivity index is 1.12. The smallest absolute Gasteiger partial charge is 0.136 e. The molecule has 2 heteroatoms. The Kier molecular flexibility index (Phi) is 6.53. The number of hydrogen-bond acceptors (Lipinski definition) is 2. The molecule has 10 aromatic rings. The monoisotopic (exact) mass is 637 g/mol. The highest BCUT2D eigenvalue weighted by atomic mass is 16.3. The molecule has 0 radical (unpaired) electrons. The fraction of sp³-hybridized carbons (Fsp3) is 0. The lowest BCUT2D eigenvalue weighted by Crippen LogP contribution is -2.09. The number of benzene rings is 9. The molecule has 9 aromatic carbocycles. The van der Waals surface area contributed by atoms with Gasteiger partial charge in [0.1, 0.15) is 11.2 Å².